The van der Waals surface area contributed by atoms with Gasteiger partial charge in [0.1, 0.15) is 5.82 Å². The van der Waals surface area contributed by atoms with Gasteiger partial charge in [0.05, 0.1) is 16.6 Å². The number of H-pyrrole nitrogens is 4. The number of para-hydroxylation sites is 4. The van der Waals surface area contributed by atoms with E-state index < -0.39 is 0 Å². The minimum absolute atomic E-state index is 0. The third-order valence-electron chi connectivity index (χ3n) is 9.06. The van der Waals surface area contributed by atoms with Gasteiger partial charge < -0.3 is 15.0 Å². The minimum Gasteiger partial charge on any atom is -0.361 e. The Bertz CT molecular complexity index is 2220. The van der Waals surface area contributed by atoms with Gasteiger partial charge in [-0.2, -0.15) is 5.10 Å². The lowest BCUT2D eigenvalue weighted by Crippen LogP contribution is -1.88. The first-order valence-corrected chi connectivity index (χ1v) is 22.0. The molecule has 60 heavy (non-hydrogen) atoms. The monoisotopic (exact) mass is 819 g/mol. The Labute approximate surface area is 366 Å². The topological polar surface area (TPSA) is 88.9 Å². The molecule has 0 unspecified atom stereocenters. The van der Waals surface area contributed by atoms with Gasteiger partial charge in [0, 0.05) is 55.8 Å². The van der Waals surface area contributed by atoms with E-state index in [2.05, 4.69) is 154 Å². The van der Waals surface area contributed by atoms with Gasteiger partial charge in [0.15, 0.2) is 0 Å². The van der Waals surface area contributed by atoms with Crippen molar-refractivity contribution < 1.29 is 0 Å². The molecule has 0 aliphatic carbocycles. The van der Waals surface area contributed by atoms with Crippen molar-refractivity contribution in [3.63, 3.8) is 0 Å². The fourth-order valence-electron chi connectivity index (χ4n) is 6.54. The standard InChI is InChI=1S/2C12H15N.2C10H12N2.4C2H6.2CH4/c1-8(2)12-9(3)13-11-7-5-4-6-10(11)12;1-8(2)12-11-7-5-4-6-10(11)9(3)13-12;1-7(2)10-11-8-5-3-4-6-9(8)12-10;1-7(2)10-8-5-3-4-6-9(8)11-12-10;4*1-2;;/h2*4-8,13H,1-3H3;2*3-7H,1-2H3,(H,11,12);4*1-2H3;2*1H4. The van der Waals surface area contributed by atoms with Crippen molar-refractivity contribution in [3.05, 3.63) is 131 Å². The summed E-state index contributed by atoms with van der Waals surface area (Å²) >= 11 is 0. The Hall–Kier alpha value is -5.10. The van der Waals surface area contributed by atoms with Crippen molar-refractivity contribution in [2.24, 2.45) is 0 Å². The van der Waals surface area contributed by atoms with Crippen molar-refractivity contribution >= 4 is 43.6 Å². The Morgan fingerprint density at radius 2 is 0.850 bits per heavy atom. The van der Waals surface area contributed by atoms with Gasteiger partial charge in [-0.15, -0.1) is 0 Å². The molecule has 332 valence electrons. The summed E-state index contributed by atoms with van der Waals surface area (Å²) in [5.41, 5.74) is 11.1. The molecule has 4 N–H and O–H groups in total. The smallest absolute Gasteiger partial charge is 0.109 e. The van der Waals surface area contributed by atoms with E-state index >= 15 is 0 Å². The van der Waals surface area contributed by atoms with Crippen LogP contribution in [0.4, 0.5) is 0 Å². The zero-order valence-corrected chi connectivity index (χ0v) is 39.4. The lowest BCUT2D eigenvalue weighted by atomic mass is 10.00. The summed E-state index contributed by atoms with van der Waals surface area (Å²) < 4.78 is 0. The zero-order valence-electron chi connectivity index (χ0n) is 39.4. The molecule has 0 bridgehead atoms. The van der Waals surface area contributed by atoms with Crippen LogP contribution in [0, 0.1) is 13.8 Å². The zero-order chi connectivity index (χ0) is 43.9. The average molecular weight is 819 g/mol. The molecule has 4 heterocycles. The van der Waals surface area contributed by atoms with Gasteiger partial charge in [-0.1, -0.05) is 198 Å². The summed E-state index contributed by atoms with van der Waals surface area (Å²) in [6.45, 7) is 37.8. The number of aromatic nitrogens is 6. The van der Waals surface area contributed by atoms with Crippen LogP contribution in [0.5, 0.6) is 0 Å². The third-order valence-corrected chi connectivity index (χ3v) is 9.06. The second kappa shape index (κ2) is 30.0. The van der Waals surface area contributed by atoms with Crippen molar-refractivity contribution in [2.45, 2.75) is 163 Å². The number of nitrogens with one attached hydrogen (secondary N) is 4. The summed E-state index contributed by atoms with van der Waals surface area (Å²) in [7, 11) is 0. The maximum absolute atomic E-state index is 4.46. The molecule has 6 nitrogen and oxygen atoms in total. The number of nitrogens with zero attached hydrogens (tertiary/aromatic N) is 2. The molecule has 0 saturated heterocycles. The normalized spacial score (nSPS) is 9.83. The highest BCUT2D eigenvalue weighted by molar-refractivity contribution is 5.88. The molecule has 0 atom stereocenters. The number of hydrogen-bond acceptors (Lipinski definition) is 2. The number of hydrogen-bond donors (Lipinski definition) is 4. The molecule has 0 saturated carbocycles. The van der Waals surface area contributed by atoms with E-state index in [1.54, 1.807) is 0 Å². The highest BCUT2D eigenvalue weighted by atomic mass is 15.1. The van der Waals surface area contributed by atoms with E-state index in [1.165, 1.54) is 55.4 Å². The molecule has 0 aliphatic heterocycles. The molecule has 8 aromatic rings. The second-order valence-corrected chi connectivity index (χ2v) is 14.3. The Kier molecular flexibility index (Phi) is 28.5. The lowest BCUT2D eigenvalue weighted by molar-refractivity contribution is 0.799. The van der Waals surface area contributed by atoms with E-state index in [1.807, 2.05) is 97.9 Å². The van der Waals surface area contributed by atoms with Crippen molar-refractivity contribution in [1.29, 1.82) is 0 Å². The fraction of sp³-hybridized carbons (Fsp3) is 0.444. The SMILES string of the molecule is C.C.CC.CC.CC.CC.CC(C)c1[nH]nc2ccccc12.CC(C)c1nc2ccccc2[nH]1.Cc1[nH]c(C(C)C)c2ccccc12.Cc1[nH]c2ccccc2c1C(C)C. The van der Waals surface area contributed by atoms with Gasteiger partial charge in [0.25, 0.3) is 0 Å². The minimum atomic E-state index is 0. The summed E-state index contributed by atoms with van der Waals surface area (Å²) in [4.78, 5) is 14.6. The average Bonchev–Trinajstić information content (AvgIpc) is 4.04. The first-order chi connectivity index (χ1) is 28.0. The van der Waals surface area contributed by atoms with Gasteiger partial charge in [0.2, 0.25) is 0 Å². The first-order valence-electron chi connectivity index (χ1n) is 22.0. The van der Waals surface area contributed by atoms with Crippen LogP contribution in [-0.2, 0) is 0 Å². The van der Waals surface area contributed by atoms with Crippen LogP contribution >= 0.6 is 0 Å². The number of aryl methyl sites for hydroxylation is 2. The van der Waals surface area contributed by atoms with Crippen molar-refractivity contribution in [3.8, 4) is 0 Å². The van der Waals surface area contributed by atoms with Crippen LogP contribution < -0.4 is 0 Å². The number of aromatic amines is 4. The molecule has 0 fully saturated rings. The fourth-order valence-corrected chi connectivity index (χ4v) is 6.54. The van der Waals surface area contributed by atoms with Crippen LogP contribution in [0.3, 0.4) is 0 Å². The van der Waals surface area contributed by atoms with E-state index in [-0.39, 0.29) is 14.9 Å². The van der Waals surface area contributed by atoms with Crippen LogP contribution in [0.25, 0.3) is 43.6 Å². The highest BCUT2D eigenvalue weighted by Crippen LogP contribution is 2.29. The maximum Gasteiger partial charge on any atom is 0.109 e. The lowest BCUT2D eigenvalue weighted by Gasteiger charge is -2.04. The summed E-state index contributed by atoms with van der Waals surface area (Å²) in [6.07, 6.45) is 0. The predicted octanol–water partition coefficient (Wildman–Crippen LogP) is 17.9. The Balaban J connectivity index is 0. The van der Waals surface area contributed by atoms with Gasteiger partial charge >= 0.3 is 0 Å². The Morgan fingerprint density at radius 3 is 1.35 bits per heavy atom. The second-order valence-electron chi connectivity index (χ2n) is 14.3. The van der Waals surface area contributed by atoms with Gasteiger partial charge in [-0.05, 0) is 61.4 Å². The first kappa shape index (κ1) is 57.0. The highest BCUT2D eigenvalue weighted by Gasteiger charge is 2.11. The molecular weight excluding hydrogens is 733 g/mol. The van der Waals surface area contributed by atoms with E-state index in [4.69, 9.17) is 0 Å². The molecule has 0 spiro atoms. The van der Waals surface area contributed by atoms with Gasteiger partial charge in [-0.25, -0.2) is 4.98 Å². The van der Waals surface area contributed by atoms with Crippen molar-refractivity contribution in [1.82, 2.24) is 30.1 Å². The summed E-state index contributed by atoms with van der Waals surface area (Å²) in [5.74, 6) is 3.21. The largest absolute Gasteiger partial charge is 0.361 e. The number of benzene rings is 4. The van der Waals surface area contributed by atoms with E-state index in [0.717, 1.165) is 22.4 Å². The molecule has 4 aromatic carbocycles. The predicted molar refractivity (Wildman–Crippen MR) is 273 cm³/mol. The molecule has 8 rings (SSSR count). The number of rotatable bonds is 4. The molecule has 0 amide bonds. The third kappa shape index (κ3) is 15.5. The van der Waals surface area contributed by atoms with Crippen LogP contribution in [0.15, 0.2) is 97.1 Å². The van der Waals surface area contributed by atoms with Gasteiger partial charge in [-0.3, -0.25) is 5.10 Å². The molecule has 6 heteroatoms. The molecule has 4 aromatic heterocycles. The van der Waals surface area contributed by atoms with Crippen molar-refractivity contribution in [2.75, 3.05) is 0 Å². The van der Waals surface area contributed by atoms with E-state index in [0.29, 0.717) is 23.7 Å². The summed E-state index contributed by atoms with van der Waals surface area (Å²) in [6, 6.07) is 33.3. The number of imidazole rings is 1. The molecule has 0 aliphatic rings. The van der Waals surface area contributed by atoms with E-state index in [9.17, 15) is 0 Å². The van der Waals surface area contributed by atoms with Crippen LogP contribution in [0.2, 0.25) is 0 Å². The van der Waals surface area contributed by atoms with Crippen LogP contribution in [-0.4, -0.2) is 30.1 Å². The Morgan fingerprint density at radius 1 is 0.400 bits per heavy atom. The summed E-state index contributed by atoms with van der Waals surface area (Å²) in [5, 5.41) is 12.6. The maximum atomic E-state index is 4.46. The number of fused-ring (bicyclic) bond motifs is 4. The van der Waals surface area contributed by atoms with Crippen LogP contribution in [0.1, 0.15) is 183 Å². The molecular formula is C54H86N6. The quantitative estimate of drug-likeness (QED) is 0.142. The molecule has 0 radical (unpaired) electrons.